The van der Waals surface area contributed by atoms with Gasteiger partial charge in [0.15, 0.2) is 0 Å². The van der Waals surface area contributed by atoms with Crippen LogP contribution in [0.3, 0.4) is 0 Å². The molecular formula is C13H19Cl2NOS. The average molecular weight is 308 g/mol. The van der Waals surface area contributed by atoms with Crippen LogP contribution in [0.1, 0.15) is 25.5 Å². The van der Waals surface area contributed by atoms with E-state index in [1.807, 2.05) is 32.2 Å². The van der Waals surface area contributed by atoms with Gasteiger partial charge < -0.3 is 10.4 Å². The van der Waals surface area contributed by atoms with E-state index in [0.717, 1.165) is 5.56 Å². The van der Waals surface area contributed by atoms with Crippen LogP contribution in [0.25, 0.3) is 0 Å². The molecular weight excluding hydrogens is 289 g/mol. The van der Waals surface area contributed by atoms with Crippen LogP contribution in [0.15, 0.2) is 18.2 Å². The predicted octanol–water partition coefficient (Wildman–Crippen LogP) is 3.76. The van der Waals surface area contributed by atoms with E-state index >= 15 is 0 Å². The second kappa shape index (κ2) is 7.01. The van der Waals surface area contributed by atoms with Crippen molar-refractivity contribution in [3.05, 3.63) is 33.8 Å². The molecule has 0 aliphatic heterocycles. The Labute approximate surface area is 123 Å². The fourth-order valence-electron chi connectivity index (χ4n) is 1.63. The molecule has 1 aromatic rings. The minimum absolute atomic E-state index is 0.119. The van der Waals surface area contributed by atoms with E-state index < -0.39 is 5.60 Å². The maximum absolute atomic E-state index is 10.1. The molecule has 0 fully saturated rings. The van der Waals surface area contributed by atoms with E-state index in [1.165, 1.54) is 0 Å². The molecule has 0 saturated heterocycles. The first-order chi connectivity index (χ1) is 8.35. The van der Waals surface area contributed by atoms with Crippen molar-refractivity contribution in [3.63, 3.8) is 0 Å². The van der Waals surface area contributed by atoms with Gasteiger partial charge in [0.05, 0.1) is 15.6 Å². The van der Waals surface area contributed by atoms with E-state index in [1.54, 1.807) is 17.8 Å². The van der Waals surface area contributed by atoms with E-state index in [9.17, 15) is 5.11 Å². The van der Waals surface area contributed by atoms with Gasteiger partial charge in [-0.2, -0.15) is 11.8 Å². The molecule has 2 N–H and O–H groups in total. The van der Waals surface area contributed by atoms with Crippen molar-refractivity contribution in [2.45, 2.75) is 25.5 Å². The molecule has 0 aromatic heterocycles. The zero-order valence-electron chi connectivity index (χ0n) is 10.8. The number of nitrogens with one attached hydrogen (secondary N) is 1. The van der Waals surface area contributed by atoms with Crippen molar-refractivity contribution >= 4 is 35.0 Å². The number of benzene rings is 1. The van der Waals surface area contributed by atoms with Gasteiger partial charge in [-0.25, -0.2) is 0 Å². The Hall–Kier alpha value is 0.0700. The highest BCUT2D eigenvalue weighted by Gasteiger charge is 2.20. The second-order valence-electron chi connectivity index (χ2n) is 4.71. The molecule has 1 rings (SSSR count). The normalized spacial score (nSPS) is 16.3. The molecule has 0 saturated carbocycles. The van der Waals surface area contributed by atoms with Gasteiger partial charge in [0.25, 0.3) is 0 Å². The highest BCUT2D eigenvalue weighted by molar-refractivity contribution is 7.98. The van der Waals surface area contributed by atoms with Crippen molar-refractivity contribution < 1.29 is 5.11 Å². The molecule has 5 heteroatoms. The summed E-state index contributed by atoms with van der Waals surface area (Å²) in [6.07, 6.45) is 1.98. The van der Waals surface area contributed by atoms with Gasteiger partial charge >= 0.3 is 0 Å². The van der Waals surface area contributed by atoms with Crippen LogP contribution < -0.4 is 5.32 Å². The third kappa shape index (κ3) is 4.98. The van der Waals surface area contributed by atoms with Crippen LogP contribution in [0.2, 0.25) is 10.0 Å². The van der Waals surface area contributed by atoms with Crippen LogP contribution in [-0.2, 0) is 0 Å². The molecule has 0 aliphatic carbocycles. The molecule has 2 unspecified atom stereocenters. The van der Waals surface area contributed by atoms with Crippen LogP contribution in [0.5, 0.6) is 0 Å². The number of hydrogen-bond acceptors (Lipinski definition) is 3. The molecule has 1 aromatic carbocycles. The zero-order valence-corrected chi connectivity index (χ0v) is 13.2. The maximum Gasteiger partial charge on any atom is 0.0833 e. The van der Waals surface area contributed by atoms with Crippen LogP contribution in [-0.4, -0.2) is 29.3 Å². The standard InChI is InChI=1S/C13H19Cl2NOS/c1-9(16-7-13(2,17)8-18-3)10-4-5-11(14)12(15)6-10/h4-6,9,16-17H,7-8H2,1-3H3. The summed E-state index contributed by atoms with van der Waals surface area (Å²) in [6, 6.07) is 5.70. The van der Waals surface area contributed by atoms with Gasteiger partial charge in [-0.15, -0.1) is 0 Å². The minimum Gasteiger partial charge on any atom is -0.388 e. The van der Waals surface area contributed by atoms with Gasteiger partial charge in [0.2, 0.25) is 0 Å². The van der Waals surface area contributed by atoms with Crippen molar-refractivity contribution in [1.29, 1.82) is 0 Å². The zero-order chi connectivity index (χ0) is 13.8. The highest BCUT2D eigenvalue weighted by Crippen LogP contribution is 2.25. The van der Waals surface area contributed by atoms with E-state index in [4.69, 9.17) is 23.2 Å². The van der Waals surface area contributed by atoms with Crippen molar-refractivity contribution in [2.75, 3.05) is 18.6 Å². The van der Waals surface area contributed by atoms with Crippen molar-refractivity contribution in [3.8, 4) is 0 Å². The molecule has 0 bridgehead atoms. The number of hydrogen-bond donors (Lipinski definition) is 2. The number of rotatable bonds is 6. The Morgan fingerprint density at radius 3 is 2.61 bits per heavy atom. The first-order valence-corrected chi connectivity index (χ1v) is 7.90. The molecule has 0 spiro atoms. The monoisotopic (exact) mass is 307 g/mol. The van der Waals surface area contributed by atoms with Crippen LogP contribution in [0.4, 0.5) is 0 Å². The van der Waals surface area contributed by atoms with Gasteiger partial charge in [0, 0.05) is 18.3 Å². The van der Waals surface area contributed by atoms with Crippen molar-refractivity contribution in [2.24, 2.45) is 0 Å². The Bertz CT molecular complexity index is 399. The van der Waals surface area contributed by atoms with Gasteiger partial charge in [-0.1, -0.05) is 29.3 Å². The maximum atomic E-state index is 10.1. The third-order valence-corrected chi connectivity index (χ3v) is 4.34. The average Bonchev–Trinajstić information content (AvgIpc) is 2.30. The van der Waals surface area contributed by atoms with Gasteiger partial charge in [-0.3, -0.25) is 0 Å². The van der Waals surface area contributed by atoms with E-state index in [0.29, 0.717) is 22.3 Å². The molecule has 102 valence electrons. The third-order valence-electron chi connectivity index (χ3n) is 2.69. The smallest absolute Gasteiger partial charge is 0.0833 e. The first kappa shape index (κ1) is 16.1. The topological polar surface area (TPSA) is 32.3 Å². The van der Waals surface area contributed by atoms with Crippen LogP contribution >= 0.6 is 35.0 Å². The number of halogens is 2. The minimum atomic E-state index is -0.704. The number of thioether (sulfide) groups is 1. The lowest BCUT2D eigenvalue weighted by atomic mass is 10.1. The Kier molecular flexibility index (Phi) is 6.28. The summed E-state index contributed by atoms with van der Waals surface area (Å²) in [4.78, 5) is 0. The summed E-state index contributed by atoms with van der Waals surface area (Å²) in [7, 11) is 0. The van der Waals surface area contributed by atoms with E-state index in [2.05, 4.69) is 5.32 Å². The summed E-state index contributed by atoms with van der Waals surface area (Å²) in [5, 5.41) is 14.5. The Balaban J connectivity index is 2.60. The second-order valence-corrected chi connectivity index (χ2v) is 6.39. The van der Waals surface area contributed by atoms with E-state index in [-0.39, 0.29) is 6.04 Å². The van der Waals surface area contributed by atoms with Crippen molar-refractivity contribution in [1.82, 2.24) is 5.32 Å². The van der Waals surface area contributed by atoms with Gasteiger partial charge in [-0.05, 0) is 37.8 Å². The summed E-state index contributed by atoms with van der Waals surface area (Å²) < 4.78 is 0. The number of aliphatic hydroxyl groups is 1. The summed E-state index contributed by atoms with van der Waals surface area (Å²) in [5.74, 6) is 0.702. The highest BCUT2D eigenvalue weighted by atomic mass is 35.5. The Morgan fingerprint density at radius 1 is 1.39 bits per heavy atom. The summed E-state index contributed by atoms with van der Waals surface area (Å²) in [6.45, 7) is 4.40. The molecule has 0 amide bonds. The molecule has 2 nitrogen and oxygen atoms in total. The lowest BCUT2D eigenvalue weighted by Crippen LogP contribution is -2.40. The lowest BCUT2D eigenvalue weighted by Gasteiger charge is -2.25. The van der Waals surface area contributed by atoms with Gasteiger partial charge in [0.1, 0.15) is 0 Å². The fourth-order valence-corrected chi connectivity index (χ4v) is 2.67. The molecule has 0 heterocycles. The summed E-state index contributed by atoms with van der Waals surface area (Å²) in [5.41, 5.74) is 0.355. The molecule has 18 heavy (non-hydrogen) atoms. The SMILES string of the molecule is CSCC(C)(O)CNC(C)c1ccc(Cl)c(Cl)c1. The Morgan fingerprint density at radius 2 is 2.06 bits per heavy atom. The largest absolute Gasteiger partial charge is 0.388 e. The quantitative estimate of drug-likeness (QED) is 0.839. The lowest BCUT2D eigenvalue weighted by molar-refractivity contribution is 0.0821. The molecule has 0 aliphatic rings. The first-order valence-electron chi connectivity index (χ1n) is 5.75. The molecule has 0 radical (unpaired) electrons. The fraction of sp³-hybridized carbons (Fsp3) is 0.538. The van der Waals surface area contributed by atoms with Crippen LogP contribution in [0, 0.1) is 0 Å². The molecule has 2 atom stereocenters. The summed E-state index contributed by atoms with van der Waals surface area (Å²) >= 11 is 13.5. The predicted molar refractivity (Wildman–Crippen MR) is 81.9 cm³/mol.